The molecule has 1 aliphatic rings. The molecule has 0 fully saturated rings. The summed E-state index contributed by atoms with van der Waals surface area (Å²) in [6.45, 7) is 2.17. The zero-order valence-corrected chi connectivity index (χ0v) is 12.1. The van der Waals surface area contributed by atoms with Crippen LogP contribution in [-0.4, -0.2) is 4.98 Å². The highest BCUT2D eigenvalue weighted by Gasteiger charge is 2.22. The topological polar surface area (TPSA) is 38.9 Å². The molecule has 3 rings (SSSR count). The molecule has 0 saturated carbocycles. The van der Waals surface area contributed by atoms with Gasteiger partial charge in [0, 0.05) is 33.6 Å². The van der Waals surface area contributed by atoms with E-state index >= 15 is 0 Å². The summed E-state index contributed by atoms with van der Waals surface area (Å²) in [7, 11) is 0. The van der Waals surface area contributed by atoms with E-state index in [1.54, 1.807) is 4.88 Å². The molecule has 2 aromatic heterocycles. The number of nitrogens with zero attached hydrogens (tertiary/aromatic N) is 1. The highest BCUT2D eigenvalue weighted by atomic mass is 32.1. The Bertz CT molecular complexity index is 524. The van der Waals surface area contributed by atoms with E-state index in [9.17, 15) is 0 Å². The molecule has 2 heterocycles. The molecule has 2 aromatic rings. The lowest BCUT2D eigenvalue weighted by Gasteiger charge is -2.18. The number of thiophene rings is 1. The molecule has 0 bridgehead atoms. The van der Waals surface area contributed by atoms with Gasteiger partial charge in [-0.2, -0.15) is 0 Å². The standard InChI is InChI=1S/C16H20N2S/c1-11(13-7-4-5-9-18-13)16(17)15-10-12-6-2-3-8-14(12)19-15/h4-5,7,9-11,16H,2-3,6,8,17H2,1H3. The van der Waals surface area contributed by atoms with Gasteiger partial charge in [0.2, 0.25) is 0 Å². The fourth-order valence-electron chi connectivity index (χ4n) is 2.75. The van der Waals surface area contributed by atoms with E-state index in [1.807, 2.05) is 29.7 Å². The van der Waals surface area contributed by atoms with E-state index in [1.165, 1.54) is 36.1 Å². The second-order valence-electron chi connectivity index (χ2n) is 5.37. The number of hydrogen-bond acceptors (Lipinski definition) is 3. The Morgan fingerprint density at radius 2 is 2.11 bits per heavy atom. The maximum atomic E-state index is 6.45. The smallest absolute Gasteiger partial charge is 0.0472 e. The van der Waals surface area contributed by atoms with Crippen LogP contribution in [0.15, 0.2) is 30.5 Å². The van der Waals surface area contributed by atoms with Gasteiger partial charge in [-0.15, -0.1) is 11.3 Å². The number of rotatable bonds is 3. The summed E-state index contributed by atoms with van der Waals surface area (Å²) in [5.74, 6) is 0.265. The molecule has 0 saturated heterocycles. The highest BCUT2D eigenvalue weighted by molar-refractivity contribution is 7.12. The quantitative estimate of drug-likeness (QED) is 0.922. The normalized spacial score (nSPS) is 17.8. The van der Waals surface area contributed by atoms with Gasteiger partial charge in [-0.1, -0.05) is 13.0 Å². The summed E-state index contributed by atoms with van der Waals surface area (Å²) in [4.78, 5) is 7.32. The number of aromatic nitrogens is 1. The van der Waals surface area contributed by atoms with Gasteiger partial charge < -0.3 is 5.73 Å². The van der Waals surface area contributed by atoms with Crippen molar-refractivity contribution in [2.24, 2.45) is 5.73 Å². The molecule has 2 atom stereocenters. The Balaban J connectivity index is 1.83. The zero-order valence-electron chi connectivity index (χ0n) is 11.3. The van der Waals surface area contributed by atoms with E-state index in [0.717, 1.165) is 5.69 Å². The maximum Gasteiger partial charge on any atom is 0.0472 e. The lowest BCUT2D eigenvalue weighted by Crippen LogP contribution is -2.17. The summed E-state index contributed by atoms with van der Waals surface area (Å²) >= 11 is 1.91. The Hall–Kier alpha value is -1.19. The van der Waals surface area contributed by atoms with E-state index in [-0.39, 0.29) is 12.0 Å². The largest absolute Gasteiger partial charge is 0.323 e. The van der Waals surface area contributed by atoms with Crippen LogP contribution >= 0.6 is 11.3 Å². The minimum Gasteiger partial charge on any atom is -0.323 e. The summed E-state index contributed by atoms with van der Waals surface area (Å²) in [6.07, 6.45) is 6.98. The Labute approximate surface area is 118 Å². The first kappa shape index (κ1) is 12.8. The van der Waals surface area contributed by atoms with Gasteiger partial charge in [0.25, 0.3) is 0 Å². The maximum absolute atomic E-state index is 6.45. The second-order valence-corrected chi connectivity index (χ2v) is 6.54. The minimum atomic E-state index is 0.0606. The van der Waals surface area contributed by atoms with Crippen LogP contribution in [-0.2, 0) is 12.8 Å². The molecule has 3 heteroatoms. The van der Waals surface area contributed by atoms with E-state index in [0.29, 0.717) is 0 Å². The van der Waals surface area contributed by atoms with E-state index < -0.39 is 0 Å². The first-order chi connectivity index (χ1) is 9.25. The molecular weight excluding hydrogens is 252 g/mol. The predicted octanol–water partition coefficient (Wildman–Crippen LogP) is 3.83. The van der Waals surface area contributed by atoms with Crippen molar-refractivity contribution in [3.8, 4) is 0 Å². The van der Waals surface area contributed by atoms with Gasteiger partial charge in [-0.3, -0.25) is 4.98 Å². The number of fused-ring (bicyclic) bond motifs is 1. The highest BCUT2D eigenvalue weighted by Crippen LogP contribution is 2.36. The third kappa shape index (κ3) is 2.58. The first-order valence-electron chi connectivity index (χ1n) is 7.03. The molecule has 0 amide bonds. The number of nitrogens with two attached hydrogens (primary N) is 1. The van der Waals surface area contributed by atoms with Gasteiger partial charge in [0.1, 0.15) is 0 Å². The first-order valence-corrected chi connectivity index (χ1v) is 7.85. The van der Waals surface area contributed by atoms with E-state index in [2.05, 4.69) is 24.0 Å². The lowest BCUT2D eigenvalue weighted by atomic mass is 9.95. The summed E-state index contributed by atoms with van der Waals surface area (Å²) in [5, 5.41) is 0. The zero-order chi connectivity index (χ0) is 13.2. The lowest BCUT2D eigenvalue weighted by molar-refractivity contribution is 0.592. The molecule has 0 spiro atoms. The van der Waals surface area contributed by atoms with Crippen molar-refractivity contribution in [2.75, 3.05) is 0 Å². The number of aryl methyl sites for hydroxylation is 2. The van der Waals surface area contributed by atoms with Crippen LogP contribution in [0.25, 0.3) is 0 Å². The van der Waals surface area contributed by atoms with Gasteiger partial charge in [0.15, 0.2) is 0 Å². The second kappa shape index (κ2) is 5.43. The third-order valence-corrected chi connectivity index (χ3v) is 5.38. The van der Waals surface area contributed by atoms with Crippen molar-refractivity contribution < 1.29 is 0 Å². The minimum absolute atomic E-state index is 0.0606. The van der Waals surface area contributed by atoms with Gasteiger partial charge in [0.05, 0.1) is 0 Å². The molecule has 0 radical (unpaired) electrons. The summed E-state index contributed by atoms with van der Waals surface area (Å²) in [6, 6.07) is 8.45. The molecule has 0 aromatic carbocycles. The SMILES string of the molecule is CC(c1ccccn1)C(N)c1cc2c(s1)CCCC2. The summed E-state index contributed by atoms with van der Waals surface area (Å²) < 4.78 is 0. The van der Waals surface area contributed by atoms with Crippen LogP contribution < -0.4 is 5.73 Å². The third-order valence-electron chi connectivity index (χ3n) is 4.04. The monoisotopic (exact) mass is 272 g/mol. The molecule has 100 valence electrons. The molecule has 2 nitrogen and oxygen atoms in total. The van der Waals surface area contributed by atoms with Crippen molar-refractivity contribution in [3.63, 3.8) is 0 Å². The van der Waals surface area contributed by atoms with Crippen LogP contribution in [0.1, 0.15) is 52.7 Å². The van der Waals surface area contributed by atoms with E-state index in [4.69, 9.17) is 5.73 Å². The molecule has 2 N–H and O–H groups in total. The molecule has 0 aliphatic heterocycles. The molecule has 2 unspecified atom stereocenters. The van der Waals surface area contributed by atoms with Crippen LogP contribution in [0.3, 0.4) is 0 Å². The summed E-state index contributed by atoms with van der Waals surface area (Å²) in [5.41, 5.74) is 9.07. The average molecular weight is 272 g/mol. The average Bonchev–Trinajstić information content (AvgIpc) is 2.90. The molecule has 19 heavy (non-hydrogen) atoms. The Morgan fingerprint density at radius 1 is 1.26 bits per heavy atom. The number of hydrogen-bond donors (Lipinski definition) is 1. The van der Waals surface area contributed by atoms with Crippen LogP contribution in [0.4, 0.5) is 0 Å². The predicted molar refractivity (Wildman–Crippen MR) is 80.5 cm³/mol. The van der Waals surface area contributed by atoms with Crippen molar-refractivity contribution in [1.82, 2.24) is 4.98 Å². The molecular formula is C16H20N2S. The van der Waals surface area contributed by atoms with Crippen LogP contribution in [0.2, 0.25) is 0 Å². The van der Waals surface area contributed by atoms with Crippen molar-refractivity contribution in [2.45, 2.75) is 44.6 Å². The molecule has 1 aliphatic carbocycles. The van der Waals surface area contributed by atoms with Crippen LogP contribution in [0.5, 0.6) is 0 Å². The van der Waals surface area contributed by atoms with Crippen molar-refractivity contribution in [3.05, 3.63) is 51.5 Å². The Kier molecular flexibility index (Phi) is 3.67. The van der Waals surface area contributed by atoms with Gasteiger partial charge in [-0.25, -0.2) is 0 Å². The number of pyridine rings is 1. The van der Waals surface area contributed by atoms with Gasteiger partial charge >= 0.3 is 0 Å². The van der Waals surface area contributed by atoms with Crippen LogP contribution in [0, 0.1) is 0 Å². The fraction of sp³-hybridized carbons (Fsp3) is 0.438. The van der Waals surface area contributed by atoms with Crippen molar-refractivity contribution in [1.29, 1.82) is 0 Å². The van der Waals surface area contributed by atoms with Crippen molar-refractivity contribution >= 4 is 11.3 Å². The van der Waals surface area contributed by atoms with Gasteiger partial charge in [-0.05, 0) is 49.4 Å². The Morgan fingerprint density at radius 3 is 2.84 bits per heavy atom. The fourth-order valence-corrected chi connectivity index (χ4v) is 4.12.